The molecule has 32 heavy (non-hydrogen) atoms. The van der Waals surface area contributed by atoms with Crippen LogP contribution in [-0.2, 0) is 17.3 Å². The van der Waals surface area contributed by atoms with Gasteiger partial charge in [0.25, 0.3) is 5.91 Å². The third-order valence-electron chi connectivity index (χ3n) is 6.80. The molecule has 9 nitrogen and oxygen atoms in total. The van der Waals surface area contributed by atoms with Gasteiger partial charge >= 0.3 is 0 Å². The summed E-state index contributed by atoms with van der Waals surface area (Å²) in [4.78, 5) is 37.2. The van der Waals surface area contributed by atoms with Gasteiger partial charge in [0.15, 0.2) is 0 Å². The molecule has 1 spiro atoms. The zero-order chi connectivity index (χ0) is 22.6. The number of hydrogen-bond donors (Lipinski definition) is 1. The lowest BCUT2D eigenvalue weighted by atomic mass is 9.68. The summed E-state index contributed by atoms with van der Waals surface area (Å²) in [6.45, 7) is 2.75. The first-order chi connectivity index (χ1) is 15.4. The lowest BCUT2D eigenvalue weighted by Crippen LogP contribution is -2.68. The van der Waals surface area contributed by atoms with Crippen molar-refractivity contribution in [3.05, 3.63) is 53.7 Å². The van der Waals surface area contributed by atoms with E-state index in [-0.39, 0.29) is 24.1 Å². The highest BCUT2D eigenvalue weighted by molar-refractivity contribution is 5.94. The number of hydrogen-bond acceptors (Lipinski definition) is 6. The summed E-state index contributed by atoms with van der Waals surface area (Å²) in [5.41, 5.74) is 2.74. The number of likely N-dealkylation sites (tertiary alicyclic amines) is 1. The van der Waals surface area contributed by atoms with Crippen LogP contribution in [0.4, 0.5) is 0 Å². The van der Waals surface area contributed by atoms with Gasteiger partial charge in [-0.2, -0.15) is 0 Å². The number of carbonyl (C=O) groups excluding carboxylic acids is 2. The fourth-order valence-corrected chi connectivity index (χ4v) is 5.29. The second-order valence-corrected chi connectivity index (χ2v) is 8.58. The van der Waals surface area contributed by atoms with Crippen LogP contribution >= 0.6 is 0 Å². The number of benzene rings is 1. The number of fused-ring (bicyclic) bond motifs is 4. The van der Waals surface area contributed by atoms with Gasteiger partial charge in [0.2, 0.25) is 5.91 Å². The average molecular weight is 435 g/mol. The van der Waals surface area contributed by atoms with Crippen LogP contribution in [0.3, 0.4) is 0 Å². The Kier molecular flexibility index (Phi) is 4.67. The van der Waals surface area contributed by atoms with E-state index < -0.39 is 11.5 Å². The standard InChI is InChI=1S/C23H25N5O4/c1-14(30)27-11-23(12-27)13-28(22(31)17-9-24-6-7-25-17)19(10-29)21-20(23)16-5-4-15(32-3)8-18(16)26(21)2/h4-9,19,29H,10-13H2,1-3H3/t19-/m1/s1. The quantitative estimate of drug-likeness (QED) is 0.665. The van der Waals surface area contributed by atoms with Crippen LogP contribution < -0.4 is 4.74 Å². The molecule has 2 aliphatic heterocycles. The number of nitrogens with zero attached hydrogens (tertiary/aromatic N) is 5. The van der Waals surface area contributed by atoms with Crippen molar-refractivity contribution in [3.8, 4) is 5.75 Å². The fraction of sp³-hybridized carbons (Fsp3) is 0.391. The highest BCUT2D eigenvalue weighted by Crippen LogP contribution is 2.49. The molecule has 5 rings (SSSR count). The molecule has 0 bridgehead atoms. The van der Waals surface area contributed by atoms with E-state index in [1.807, 2.05) is 29.8 Å². The second kappa shape index (κ2) is 7.30. The molecule has 0 radical (unpaired) electrons. The Morgan fingerprint density at radius 1 is 1.25 bits per heavy atom. The Bertz CT molecular complexity index is 1220. The van der Waals surface area contributed by atoms with Crippen LogP contribution in [0.1, 0.15) is 34.7 Å². The summed E-state index contributed by atoms with van der Waals surface area (Å²) < 4.78 is 7.46. The third-order valence-corrected chi connectivity index (χ3v) is 6.80. The first-order valence-corrected chi connectivity index (χ1v) is 10.5. The maximum Gasteiger partial charge on any atom is 0.274 e. The van der Waals surface area contributed by atoms with Gasteiger partial charge in [0.05, 0.1) is 36.9 Å². The van der Waals surface area contributed by atoms with Crippen molar-refractivity contribution in [1.82, 2.24) is 24.3 Å². The summed E-state index contributed by atoms with van der Waals surface area (Å²) >= 11 is 0. The molecule has 1 atom stereocenters. The van der Waals surface area contributed by atoms with Crippen LogP contribution in [0.25, 0.3) is 10.9 Å². The number of amides is 2. The van der Waals surface area contributed by atoms with Crippen molar-refractivity contribution in [1.29, 1.82) is 0 Å². The lowest BCUT2D eigenvalue weighted by Gasteiger charge is -2.56. The molecular formula is C23H25N5O4. The Morgan fingerprint density at radius 2 is 2.03 bits per heavy atom. The minimum atomic E-state index is -0.542. The van der Waals surface area contributed by atoms with Crippen molar-refractivity contribution in [2.24, 2.45) is 7.05 Å². The largest absolute Gasteiger partial charge is 0.497 e. The molecule has 4 heterocycles. The maximum atomic E-state index is 13.5. The highest BCUT2D eigenvalue weighted by Gasteiger charge is 2.55. The molecule has 0 aliphatic carbocycles. The van der Waals surface area contributed by atoms with Gasteiger partial charge in [-0.1, -0.05) is 0 Å². The highest BCUT2D eigenvalue weighted by atomic mass is 16.5. The number of carbonyl (C=O) groups is 2. The smallest absolute Gasteiger partial charge is 0.274 e. The van der Waals surface area contributed by atoms with Gasteiger partial charge in [0, 0.05) is 63.1 Å². The lowest BCUT2D eigenvalue weighted by molar-refractivity contribution is -0.137. The summed E-state index contributed by atoms with van der Waals surface area (Å²) in [7, 11) is 3.56. The van der Waals surface area contributed by atoms with Gasteiger partial charge < -0.3 is 24.2 Å². The number of aliphatic hydroxyl groups excluding tert-OH is 1. The van der Waals surface area contributed by atoms with Crippen LogP contribution in [0, 0.1) is 0 Å². The van der Waals surface area contributed by atoms with Gasteiger partial charge in [-0.05, 0) is 17.7 Å². The maximum absolute atomic E-state index is 13.5. The van der Waals surface area contributed by atoms with E-state index in [1.54, 1.807) is 23.8 Å². The minimum Gasteiger partial charge on any atom is -0.497 e. The SMILES string of the molecule is COc1ccc2c3c(n(C)c2c1)[C@@H](CO)N(C(=O)c1cnccn1)CC31CN(C(C)=O)C1. The van der Waals surface area contributed by atoms with Crippen molar-refractivity contribution in [2.45, 2.75) is 18.4 Å². The Balaban J connectivity index is 1.71. The first kappa shape index (κ1) is 20.4. The zero-order valence-corrected chi connectivity index (χ0v) is 18.3. The number of aliphatic hydroxyl groups is 1. The number of aromatic nitrogens is 3. The molecule has 1 aromatic carbocycles. The van der Waals surface area contributed by atoms with E-state index in [2.05, 4.69) is 9.97 Å². The summed E-state index contributed by atoms with van der Waals surface area (Å²) in [6.07, 6.45) is 4.44. The van der Waals surface area contributed by atoms with E-state index in [0.29, 0.717) is 19.6 Å². The molecule has 0 unspecified atom stereocenters. The fourth-order valence-electron chi connectivity index (χ4n) is 5.29. The average Bonchev–Trinajstić information content (AvgIpc) is 3.08. The predicted octanol–water partition coefficient (Wildman–Crippen LogP) is 1.27. The third kappa shape index (κ3) is 2.81. The topological polar surface area (TPSA) is 101 Å². The number of methoxy groups -OCH3 is 1. The second-order valence-electron chi connectivity index (χ2n) is 8.58. The van der Waals surface area contributed by atoms with E-state index in [1.165, 1.54) is 18.6 Å². The number of rotatable bonds is 3. The molecule has 3 aromatic rings. The molecule has 2 aromatic heterocycles. The van der Waals surface area contributed by atoms with E-state index in [9.17, 15) is 14.7 Å². The van der Waals surface area contributed by atoms with Crippen molar-refractivity contribution in [2.75, 3.05) is 33.4 Å². The molecule has 166 valence electrons. The molecule has 2 aliphatic rings. The molecule has 1 fully saturated rings. The van der Waals surface area contributed by atoms with Gasteiger partial charge in [-0.15, -0.1) is 0 Å². The zero-order valence-electron chi connectivity index (χ0n) is 18.3. The Hall–Kier alpha value is -3.46. The van der Waals surface area contributed by atoms with Crippen LogP contribution in [-0.4, -0.2) is 74.6 Å². The van der Waals surface area contributed by atoms with Crippen LogP contribution in [0.5, 0.6) is 5.75 Å². The number of ether oxygens (including phenoxy) is 1. The van der Waals surface area contributed by atoms with Gasteiger partial charge in [-0.3, -0.25) is 14.6 Å². The molecule has 1 saturated heterocycles. The van der Waals surface area contributed by atoms with Crippen molar-refractivity contribution in [3.63, 3.8) is 0 Å². The molecule has 2 amide bonds. The van der Waals surface area contributed by atoms with Crippen LogP contribution in [0.2, 0.25) is 0 Å². The van der Waals surface area contributed by atoms with Crippen molar-refractivity contribution < 1.29 is 19.4 Å². The minimum absolute atomic E-state index is 0.00941. The van der Waals surface area contributed by atoms with Gasteiger partial charge in [0.1, 0.15) is 11.4 Å². The Labute approximate surface area is 185 Å². The monoisotopic (exact) mass is 435 g/mol. The summed E-state index contributed by atoms with van der Waals surface area (Å²) in [6, 6.07) is 5.37. The molecule has 1 N–H and O–H groups in total. The number of aryl methyl sites for hydroxylation is 1. The first-order valence-electron chi connectivity index (χ1n) is 10.5. The molecule has 9 heteroatoms. The van der Waals surface area contributed by atoms with E-state index in [4.69, 9.17) is 4.74 Å². The summed E-state index contributed by atoms with van der Waals surface area (Å²) in [5.74, 6) is 0.456. The van der Waals surface area contributed by atoms with Crippen molar-refractivity contribution >= 4 is 22.7 Å². The normalized spacial score (nSPS) is 19.1. The van der Waals surface area contributed by atoms with Crippen LogP contribution in [0.15, 0.2) is 36.8 Å². The molecule has 0 saturated carbocycles. The Morgan fingerprint density at radius 3 is 2.66 bits per heavy atom. The van der Waals surface area contributed by atoms with Gasteiger partial charge in [-0.25, -0.2) is 4.98 Å². The predicted molar refractivity (Wildman–Crippen MR) is 116 cm³/mol. The van der Waals surface area contributed by atoms with E-state index in [0.717, 1.165) is 27.9 Å². The summed E-state index contributed by atoms with van der Waals surface area (Å²) in [5, 5.41) is 11.5. The van der Waals surface area contributed by atoms with E-state index >= 15 is 0 Å². The molecular weight excluding hydrogens is 410 g/mol.